The fraction of sp³-hybridized carbons (Fsp3) is 0.560. The van der Waals surface area contributed by atoms with E-state index in [0.29, 0.717) is 12.5 Å². The number of carbonyl (C=O) groups is 1. The third kappa shape index (κ3) is 4.18. The van der Waals surface area contributed by atoms with E-state index < -0.39 is 0 Å². The molecule has 7 nitrogen and oxygen atoms in total. The SMILES string of the molecule is CNc1nc(C2CCN(Cc3c(C)cc(OC)c(C)c3C)C2)nc2c1CN(C(C)=O)CC2. The average molecular weight is 438 g/mol. The van der Waals surface area contributed by atoms with E-state index in [-0.39, 0.29) is 5.91 Å². The van der Waals surface area contributed by atoms with Gasteiger partial charge in [-0.2, -0.15) is 0 Å². The highest BCUT2D eigenvalue weighted by molar-refractivity contribution is 5.74. The van der Waals surface area contributed by atoms with Crippen molar-refractivity contribution in [1.82, 2.24) is 19.8 Å². The normalized spacial score (nSPS) is 18.6. The third-order valence-corrected chi connectivity index (χ3v) is 7.21. The Balaban J connectivity index is 1.52. The Morgan fingerprint density at radius 2 is 2.00 bits per heavy atom. The highest BCUT2D eigenvalue weighted by Crippen LogP contribution is 2.33. The number of carbonyl (C=O) groups excluding carboxylic acids is 1. The van der Waals surface area contributed by atoms with Crippen LogP contribution in [0.4, 0.5) is 5.82 Å². The molecule has 3 heterocycles. The van der Waals surface area contributed by atoms with Crippen molar-refractivity contribution in [2.24, 2.45) is 0 Å². The molecule has 1 unspecified atom stereocenters. The summed E-state index contributed by atoms with van der Waals surface area (Å²) in [5.41, 5.74) is 7.38. The molecule has 32 heavy (non-hydrogen) atoms. The number of likely N-dealkylation sites (tertiary alicyclic amines) is 1. The zero-order chi connectivity index (χ0) is 23.0. The molecule has 0 saturated carbocycles. The summed E-state index contributed by atoms with van der Waals surface area (Å²) < 4.78 is 5.54. The average Bonchev–Trinajstić information content (AvgIpc) is 3.26. The van der Waals surface area contributed by atoms with Crippen LogP contribution in [0.2, 0.25) is 0 Å². The summed E-state index contributed by atoms with van der Waals surface area (Å²) in [5.74, 6) is 3.21. The lowest BCUT2D eigenvalue weighted by Gasteiger charge is -2.29. The number of methoxy groups -OCH3 is 1. The van der Waals surface area contributed by atoms with Crippen molar-refractivity contribution >= 4 is 11.7 Å². The van der Waals surface area contributed by atoms with Gasteiger partial charge in [0, 0.05) is 51.5 Å². The first-order valence-electron chi connectivity index (χ1n) is 11.5. The lowest BCUT2D eigenvalue weighted by Crippen LogP contribution is -2.35. The first-order valence-corrected chi connectivity index (χ1v) is 11.5. The van der Waals surface area contributed by atoms with Crippen molar-refractivity contribution < 1.29 is 9.53 Å². The van der Waals surface area contributed by atoms with Crippen LogP contribution in [0.5, 0.6) is 5.75 Å². The molecule has 1 aromatic carbocycles. The largest absolute Gasteiger partial charge is 0.496 e. The van der Waals surface area contributed by atoms with Crippen molar-refractivity contribution in [3.8, 4) is 5.75 Å². The first kappa shape index (κ1) is 22.5. The number of aromatic nitrogens is 2. The smallest absolute Gasteiger partial charge is 0.219 e. The highest BCUT2D eigenvalue weighted by atomic mass is 16.5. The summed E-state index contributed by atoms with van der Waals surface area (Å²) in [5, 5.41) is 3.25. The number of hydrogen-bond acceptors (Lipinski definition) is 6. The molecule has 0 radical (unpaired) electrons. The van der Waals surface area contributed by atoms with Crippen LogP contribution < -0.4 is 10.1 Å². The molecule has 172 valence electrons. The van der Waals surface area contributed by atoms with E-state index >= 15 is 0 Å². The maximum Gasteiger partial charge on any atom is 0.219 e. The minimum absolute atomic E-state index is 0.104. The fourth-order valence-corrected chi connectivity index (χ4v) is 5.06. The second-order valence-corrected chi connectivity index (χ2v) is 9.14. The van der Waals surface area contributed by atoms with Gasteiger partial charge in [-0.3, -0.25) is 9.69 Å². The van der Waals surface area contributed by atoms with Crippen LogP contribution >= 0.6 is 0 Å². The maximum absolute atomic E-state index is 11.8. The Hall–Kier alpha value is -2.67. The van der Waals surface area contributed by atoms with E-state index in [9.17, 15) is 4.79 Å². The summed E-state index contributed by atoms with van der Waals surface area (Å²) in [7, 11) is 3.64. The fourth-order valence-electron chi connectivity index (χ4n) is 5.06. The molecule has 0 spiro atoms. The molecule has 2 aliphatic heterocycles. The molecule has 0 bridgehead atoms. The lowest BCUT2D eigenvalue weighted by atomic mass is 9.97. The number of benzene rings is 1. The van der Waals surface area contributed by atoms with E-state index in [0.717, 1.165) is 67.7 Å². The predicted molar refractivity (Wildman–Crippen MR) is 126 cm³/mol. The molecule has 1 aromatic heterocycles. The van der Waals surface area contributed by atoms with E-state index in [1.165, 1.54) is 22.3 Å². The minimum Gasteiger partial charge on any atom is -0.496 e. The molecule has 1 atom stereocenters. The van der Waals surface area contributed by atoms with Gasteiger partial charge in [0.2, 0.25) is 5.91 Å². The van der Waals surface area contributed by atoms with Gasteiger partial charge in [-0.25, -0.2) is 9.97 Å². The second-order valence-electron chi connectivity index (χ2n) is 9.14. The minimum atomic E-state index is 0.104. The quantitative estimate of drug-likeness (QED) is 0.774. The summed E-state index contributed by atoms with van der Waals surface area (Å²) >= 11 is 0. The number of fused-ring (bicyclic) bond motifs is 1. The van der Waals surface area contributed by atoms with Crippen molar-refractivity contribution in [3.05, 3.63) is 45.4 Å². The summed E-state index contributed by atoms with van der Waals surface area (Å²) in [4.78, 5) is 26.1. The van der Waals surface area contributed by atoms with E-state index in [1.54, 1.807) is 14.0 Å². The van der Waals surface area contributed by atoms with Gasteiger partial charge in [0.05, 0.1) is 19.3 Å². The van der Waals surface area contributed by atoms with Gasteiger partial charge in [0.1, 0.15) is 17.4 Å². The standard InChI is InChI=1S/C25H35N5O2/c1-15-11-23(32-6)17(3)16(2)20(15)13-29-9-7-19(12-29)24-27-22-8-10-30(18(4)31)14-21(22)25(26-5)28-24/h11,19H,7-10,12-14H2,1-6H3,(H,26,27,28). The molecule has 2 aromatic rings. The molecule has 1 fully saturated rings. The van der Waals surface area contributed by atoms with Gasteiger partial charge in [0.25, 0.3) is 0 Å². The summed E-state index contributed by atoms with van der Waals surface area (Å²) in [6.07, 6.45) is 1.85. The number of amides is 1. The Morgan fingerprint density at radius 3 is 2.69 bits per heavy atom. The Labute approximate surface area is 191 Å². The van der Waals surface area contributed by atoms with Crippen LogP contribution in [-0.2, 0) is 24.3 Å². The molecule has 4 rings (SSSR count). The molecule has 0 aliphatic carbocycles. The van der Waals surface area contributed by atoms with Crippen LogP contribution in [0.1, 0.15) is 58.6 Å². The topological polar surface area (TPSA) is 70.6 Å². The van der Waals surface area contributed by atoms with E-state index in [4.69, 9.17) is 14.7 Å². The summed E-state index contributed by atoms with van der Waals surface area (Å²) in [6, 6.07) is 2.15. The van der Waals surface area contributed by atoms with Crippen LogP contribution in [0.15, 0.2) is 6.07 Å². The molecule has 1 saturated heterocycles. The molecule has 1 amide bonds. The predicted octanol–water partition coefficient (Wildman–Crippen LogP) is 3.35. The van der Waals surface area contributed by atoms with Gasteiger partial charge in [-0.05, 0) is 62.1 Å². The van der Waals surface area contributed by atoms with Gasteiger partial charge in [0.15, 0.2) is 0 Å². The molecular weight excluding hydrogens is 402 g/mol. The Kier molecular flexibility index (Phi) is 6.38. The van der Waals surface area contributed by atoms with Crippen molar-refractivity contribution in [3.63, 3.8) is 0 Å². The maximum atomic E-state index is 11.8. The number of rotatable bonds is 5. The van der Waals surface area contributed by atoms with E-state index in [2.05, 4.69) is 37.1 Å². The van der Waals surface area contributed by atoms with Gasteiger partial charge in [-0.1, -0.05) is 0 Å². The number of hydrogen-bond donors (Lipinski definition) is 1. The molecule has 1 N–H and O–H groups in total. The summed E-state index contributed by atoms with van der Waals surface area (Å²) in [6.45, 7) is 12.4. The Morgan fingerprint density at radius 1 is 1.22 bits per heavy atom. The Bertz CT molecular complexity index is 1020. The molecule has 2 aliphatic rings. The van der Waals surface area contributed by atoms with Crippen LogP contribution in [0, 0.1) is 20.8 Å². The first-order chi connectivity index (χ1) is 15.3. The molecular formula is C25H35N5O2. The van der Waals surface area contributed by atoms with Gasteiger partial charge in [-0.15, -0.1) is 0 Å². The number of anilines is 1. The van der Waals surface area contributed by atoms with Crippen molar-refractivity contribution in [2.75, 3.05) is 39.1 Å². The lowest BCUT2D eigenvalue weighted by molar-refractivity contribution is -0.129. The third-order valence-electron chi connectivity index (χ3n) is 7.21. The number of nitrogens with one attached hydrogen (secondary N) is 1. The van der Waals surface area contributed by atoms with Crippen LogP contribution in [-0.4, -0.2) is 59.5 Å². The van der Waals surface area contributed by atoms with Crippen LogP contribution in [0.3, 0.4) is 0 Å². The van der Waals surface area contributed by atoms with Gasteiger partial charge < -0.3 is 15.0 Å². The zero-order valence-electron chi connectivity index (χ0n) is 20.2. The van der Waals surface area contributed by atoms with Crippen LogP contribution in [0.25, 0.3) is 0 Å². The number of ether oxygens (including phenoxy) is 1. The second kappa shape index (κ2) is 9.06. The van der Waals surface area contributed by atoms with Crippen molar-refractivity contribution in [1.29, 1.82) is 0 Å². The number of nitrogens with zero attached hydrogens (tertiary/aromatic N) is 4. The van der Waals surface area contributed by atoms with E-state index in [1.807, 2.05) is 11.9 Å². The highest BCUT2D eigenvalue weighted by Gasteiger charge is 2.30. The number of aryl methyl sites for hydroxylation is 1. The molecule has 7 heteroatoms. The van der Waals surface area contributed by atoms with Gasteiger partial charge >= 0.3 is 0 Å². The monoisotopic (exact) mass is 437 g/mol. The zero-order valence-corrected chi connectivity index (χ0v) is 20.2. The van der Waals surface area contributed by atoms with Crippen molar-refractivity contribution in [2.45, 2.75) is 59.5 Å².